The van der Waals surface area contributed by atoms with Crippen LogP contribution in [0.2, 0.25) is 5.02 Å². The largest absolute Gasteiger partial charge is 0.489 e. The van der Waals surface area contributed by atoms with Crippen molar-refractivity contribution in [1.82, 2.24) is 14.8 Å². The van der Waals surface area contributed by atoms with Crippen molar-refractivity contribution in [3.63, 3.8) is 0 Å². The third-order valence-electron chi connectivity index (χ3n) is 5.22. The number of nitrogens with zero attached hydrogens (tertiary/aromatic N) is 3. The number of aromatic nitrogens is 3. The molecule has 4 rings (SSSR count). The minimum Gasteiger partial charge on any atom is -0.489 e. The summed E-state index contributed by atoms with van der Waals surface area (Å²) in [4.78, 5) is 17.7. The molecule has 178 valence electrons. The van der Waals surface area contributed by atoms with E-state index in [-0.39, 0.29) is 12.1 Å². The number of thioether (sulfide) groups is 1. The molecule has 2 heterocycles. The van der Waals surface area contributed by atoms with Crippen molar-refractivity contribution in [3.8, 4) is 5.75 Å². The van der Waals surface area contributed by atoms with Crippen molar-refractivity contribution >= 4 is 35.3 Å². The second kappa shape index (κ2) is 10.5. The Labute approximate surface area is 208 Å². The molecular formula is C25H27ClN4O3S. The van der Waals surface area contributed by atoms with E-state index in [1.54, 1.807) is 16.4 Å². The number of hydrogen-bond acceptors (Lipinski definition) is 7. The molecule has 0 saturated heterocycles. The number of nitrogens with one attached hydrogen (secondary N) is 1. The van der Waals surface area contributed by atoms with Crippen molar-refractivity contribution in [2.75, 3.05) is 11.1 Å². The van der Waals surface area contributed by atoms with Gasteiger partial charge in [0, 0.05) is 16.3 Å². The fourth-order valence-electron chi connectivity index (χ4n) is 3.69. The summed E-state index contributed by atoms with van der Waals surface area (Å²) < 4.78 is 13.2. The number of allylic oxidation sites excluding steroid dienone is 1. The lowest BCUT2D eigenvalue weighted by molar-refractivity contribution is -0.143. The van der Waals surface area contributed by atoms with Gasteiger partial charge in [0.1, 0.15) is 18.4 Å². The van der Waals surface area contributed by atoms with Crippen LogP contribution in [0.4, 0.5) is 5.95 Å². The topological polar surface area (TPSA) is 78.3 Å². The first-order chi connectivity index (χ1) is 16.4. The summed E-state index contributed by atoms with van der Waals surface area (Å²) in [5.74, 6) is 1.76. The van der Waals surface area contributed by atoms with Crippen LogP contribution in [0.1, 0.15) is 44.9 Å². The number of benzene rings is 2. The predicted octanol–water partition coefficient (Wildman–Crippen LogP) is 5.86. The van der Waals surface area contributed by atoms with Crippen LogP contribution in [0.5, 0.6) is 5.75 Å². The average molecular weight is 499 g/mol. The summed E-state index contributed by atoms with van der Waals surface area (Å²) in [6.45, 7) is 7.94. The van der Waals surface area contributed by atoms with Gasteiger partial charge in [-0.3, -0.25) is 0 Å². The molecule has 1 atom stereocenters. The lowest BCUT2D eigenvalue weighted by atomic mass is 9.95. The summed E-state index contributed by atoms with van der Waals surface area (Å²) in [5, 5.41) is 9.21. The summed E-state index contributed by atoms with van der Waals surface area (Å²) in [6.07, 6.45) is -0.239. The van der Waals surface area contributed by atoms with Crippen molar-refractivity contribution in [3.05, 3.63) is 76.0 Å². The van der Waals surface area contributed by atoms with Gasteiger partial charge in [0.25, 0.3) is 0 Å². The molecule has 0 radical (unpaired) electrons. The Balaban J connectivity index is 1.65. The van der Waals surface area contributed by atoms with Gasteiger partial charge in [0.05, 0.1) is 11.7 Å². The minimum atomic E-state index is -0.473. The van der Waals surface area contributed by atoms with Gasteiger partial charge in [-0.05, 0) is 50.3 Å². The molecule has 1 aromatic heterocycles. The van der Waals surface area contributed by atoms with Gasteiger partial charge >= 0.3 is 5.97 Å². The Morgan fingerprint density at radius 3 is 2.62 bits per heavy atom. The van der Waals surface area contributed by atoms with Crippen LogP contribution in [-0.4, -0.2) is 32.6 Å². The zero-order valence-electron chi connectivity index (χ0n) is 19.5. The molecule has 1 aliphatic rings. The van der Waals surface area contributed by atoms with Gasteiger partial charge in [-0.1, -0.05) is 60.6 Å². The number of carbonyl (C=O) groups is 1. The molecular weight excluding hydrogens is 472 g/mol. The zero-order chi connectivity index (χ0) is 24.2. The van der Waals surface area contributed by atoms with E-state index in [4.69, 9.17) is 21.1 Å². The molecule has 1 N–H and O–H groups in total. The Bertz CT molecular complexity index is 1210. The van der Waals surface area contributed by atoms with E-state index in [9.17, 15) is 4.79 Å². The minimum absolute atomic E-state index is 0.239. The third-order valence-corrected chi connectivity index (χ3v) is 6.31. The van der Waals surface area contributed by atoms with Crippen molar-refractivity contribution in [1.29, 1.82) is 0 Å². The SMILES string of the molecule is CCSc1nc2n(n1)C(c1ccc(OCc3ccccc3Cl)cc1)C(C(=O)OC(C)C)=C(C)N2. The van der Waals surface area contributed by atoms with Gasteiger partial charge in [-0.25, -0.2) is 9.48 Å². The number of hydrogen-bond donors (Lipinski definition) is 1. The van der Waals surface area contributed by atoms with E-state index < -0.39 is 6.04 Å². The zero-order valence-corrected chi connectivity index (χ0v) is 21.1. The fraction of sp³-hybridized carbons (Fsp3) is 0.320. The van der Waals surface area contributed by atoms with Gasteiger partial charge in [0.15, 0.2) is 0 Å². The molecule has 1 aliphatic heterocycles. The van der Waals surface area contributed by atoms with E-state index in [1.807, 2.05) is 76.2 Å². The molecule has 0 fully saturated rings. The first-order valence-electron chi connectivity index (χ1n) is 11.1. The molecule has 7 nitrogen and oxygen atoms in total. The van der Waals surface area contributed by atoms with Gasteiger partial charge in [0.2, 0.25) is 11.1 Å². The van der Waals surface area contributed by atoms with Gasteiger partial charge < -0.3 is 14.8 Å². The predicted molar refractivity (Wildman–Crippen MR) is 134 cm³/mol. The normalized spacial score (nSPS) is 15.2. The number of halogens is 1. The molecule has 0 spiro atoms. The summed E-state index contributed by atoms with van der Waals surface area (Å²) in [6, 6.07) is 14.8. The van der Waals surface area contributed by atoms with E-state index in [0.29, 0.717) is 39.8 Å². The van der Waals surface area contributed by atoms with E-state index in [1.165, 1.54) is 0 Å². The number of fused-ring (bicyclic) bond motifs is 1. The lowest BCUT2D eigenvalue weighted by Crippen LogP contribution is -2.30. The molecule has 2 aromatic carbocycles. The van der Waals surface area contributed by atoms with Crippen LogP contribution < -0.4 is 10.1 Å². The highest BCUT2D eigenvalue weighted by Gasteiger charge is 2.35. The highest BCUT2D eigenvalue weighted by atomic mass is 35.5. The maximum absolute atomic E-state index is 13.1. The van der Waals surface area contributed by atoms with E-state index in [2.05, 4.69) is 15.4 Å². The third kappa shape index (κ3) is 5.23. The highest BCUT2D eigenvalue weighted by molar-refractivity contribution is 7.99. The number of esters is 1. The average Bonchev–Trinajstić information content (AvgIpc) is 3.19. The van der Waals surface area contributed by atoms with Crippen LogP contribution in [-0.2, 0) is 16.1 Å². The molecule has 0 aliphatic carbocycles. The van der Waals surface area contributed by atoms with Gasteiger partial charge in [-0.2, -0.15) is 4.98 Å². The first-order valence-corrected chi connectivity index (χ1v) is 12.5. The van der Waals surface area contributed by atoms with Gasteiger partial charge in [-0.15, -0.1) is 5.10 Å². The smallest absolute Gasteiger partial charge is 0.338 e. The van der Waals surface area contributed by atoms with Crippen LogP contribution >= 0.6 is 23.4 Å². The van der Waals surface area contributed by atoms with E-state index >= 15 is 0 Å². The summed E-state index contributed by atoms with van der Waals surface area (Å²) in [7, 11) is 0. The monoisotopic (exact) mass is 498 g/mol. The number of ether oxygens (including phenoxy) is 2. The molecule has 9 heteroatoms. The maximum Gasteiger partial charge on any atom is 0.338 e. The second-order valence-corrected chi connectivity index (χ2v) is 9.70. The standard InChI is InChI=1S/C25H27ClN4O3S/c1-5-34-25-28-24-27-16(4)21(23(31)33-15(2)3)22(30(24)29-25)17-10-12-19(13-11-17)32-14-18-8-6-7-9-20(18)26/h6-13,15,22H,5,14H2,1-4H3,(H,27,28,29). The van der Waals surface area contributed by atoms with Crippen molar-refractivity contribution in [2.24, 2.45) is 0 Å². The quantitative estimate of drug-likeness (QED) is 0.307. The lowest BCUT2D eigenvalue weighted by Gasteiger charge is -2.28. The number of anilines is 1. The number of carbonyl (C=O) groups excluding carboxylic acids is 1. The van der Waals surface area contributed by atoms with Crippen molar-refractivity contribution < 1.29 is 14.3 Å². The van der Waals surface area contributed by atoms with Crippen LogP contribution in [0.3, 0.4) is 0 Å². The molecule has 3 aromatic rings. The summed E-state index contributed by atoms with van der Waals surface area (Å²) >= 11 is 7.78. The van der Waals surface area contributed by atoms with Crippen LogP contribution in [0.25, 0.3) is 0 Å². The Morgan fingerprint density at radius 1 is 1.21 bits per heavy atom. The second-order valence-electron chi connectivity index (χ2n) is 8.06. The van der Waals surface area contributed by atoms with Crippen LogP contribution in [0.15, 0.2) is 65.0 Å². The Morgan fingerprint density at radius 2 is 1.94 bits per heavy atom. The molecule has 0 bridgehead atoms. The van der Waals surface area contributed by atoms with E-state index in [0.717, 1.165) is 16.9 Å². The summed E-state index contributed by atoms with van der Waals surface area (Å²) in [5.41, 5.74) is 2.99. The number of rotatable bonds is 8. The molecule has 1 unspecified atom stereocenters. The molecule has 34 heavy (non-hydrogen) atoms. The Hall–Kier alpha value is -2.97. The molecule has 0 saturated carbocycles. The first kappa shape index (κ1) is 24.2. The van der Waals surface area contributed by atoms with Crippen molar-refractivity contribution in [2.45, 2.75) is 51.6 Å². The Kier molecular flexibility index (Phi) is 7.48. The maximum atomic E-state index is 13.1. The molecule has 0 amide bonds. The highest BCUT2D eigenvalue weighted by Crippen LogP contribution is 2.37. The fourth-order valence-corrected chi connectivity index (χ4v) is 4.44. The van der Waals surface area contributed by atoms with Crippen LogP contribution in [0, 0.1) is 0 Å².